The maximum Gasteiger partial charge on any atom is 0.410 e. The number of aliphatic carboxylic acids is 1. The molecule has 0 saturated carbocycles. The van der Waals surface area contributed by atoms with Crippen molar-refractivity contribution in [1.29, 1.82) is 0 Å². The highest BCUT2D eigenvalue weighted by Crippen LogP contribution is 2.36. The van der Waals surface area contributed by atoms with Crippen LogP contribution in [-0.4, -0.2) is 40.8 Å². The zero-order chi connectivity index (χ0) is 17.9. The van der Waals surface area contributed by atoms with Gasteiger partial charge in [-0.3, -0.25) is 4.79 Å². The molecule has 1 heterocycles. The van der Waals surface area contributed by atoms with Gasteiger partial charge in [0.2, 0.25) is 0 Å². The summed E-state index contributed by atoms with van der Waals surface area (Å²) in [6.45, 7) is 6.47. The van der Waals surface area contributed by atoms with Gasteiger partial charge in [0.15, 0.2) is 0 Å². The second-order valence-corrected chi connectivity index (χ2v) is 7.55. The van der Waals surface area contributed by atoms with E-state index in [0.29, 0.717) is 36.5 Å². The lowest BCUT2D eigenvalue weighted by Gasteiger charge is -2.35. The van der Waals surface area contributed by atoms with Crippen LogP contribution in [0.15, 0.2) is 24.3 Å². The third-order valence-electron chi connectivity index (χ3n) is 4.17. The van der Waals surface area contributed by atoms with Crippen LogP contribution >= 0.6 is 11.6 Å². The van der Waals surface area contributed by atoms with E-state index in [2.05, 4.69) is 0 Å². The Morgan fingerprint density at radius 1 is 1.25 bits per heavy atom. The fourth-order valence-electron chi connectivity index (χ4n) is 3.06. The smallest absolute Gasteiger partial charge is 0.410 e. The van der Waals surface area contributed by atoms with Gasteiger partial charge in [0, 0.05) is 18.1 Å². The van der Waals surface area contributed by atoms with Gasteiger partial charge in [0.25, 0.3) is 0 Å². The van der Waals surface area contributed by atoms with E-state index in [1.54, 1.807) is 29.2 Å². The van der Waals surface area contributed by atoms with Crippen molar-refractivity contribution in [3.63, 3.8) is 0 Å². The molecule has 24 heavy (non-hydrogen) atoms. The fourth-order valence-corrected chi connectivity index (χ4v) is 3.31. The number of rotatable bonds is 3. The number of likely N-dealkylation sites (tertiary alicyclic amines) is 1. The van der Waals surface area contributed by atoms with E-state index in [0.717, 1.165) is 0 Å². The Labute approximate surface area is 147 Å². The highest BCUT2D eigenvalue weighted by Gasteiger charge is 2.35. The molecule has 6 heteroatoms. The lowest BCUT2D eigenvalue weighted by Crippen LogP contribution is -2.43. The van der Waals surface area contributed by atoms with Crippen LogP contribution in [0.1, 0.15) is 45.1 Å². The van der Waals surface area contributed by atoms with Gasteiger partial charge in [-0.2, -0.15) is 0 Å². The van der Waals surface area contributed by atoms with E-state index in [1.165, 1.54) is 0 Å². The fraction of sp³-hybridized carbons (Fsp3) is 0.556. The second kappa shape index (κ2) is 7.43. The molecule has 2 rings (SSSR count). The number of benzene rings is 1. The van der Waals surface area contributed by atoms with Gasteiger partial charge in [0.1, 0.15) is 5.60 Å². The van der Waals surface area contributed by atoms with E-state index < -0.39 is 17.5 Å². The molecule has 0 aromatic heterocycles. The van der Waals surface area contributed by atoms with Crippen LogP contribution in [-0.2, 0) is 9.53 Å². The van der Waals surface area contributed by atoms with Gasteiger partial charge in [-0.25, -0.2) is 4.79 Å². The maximum atomic E-state index is 12.1. The summed E-state index contributed by atoms with van der Waals surface area (Å²) in [5, 5.41) is 10.1. The van der Waals surface area contributed by atoms with Gasteiger partial charge >= 0.3 is 12.1 Å². The van der Waals surface area contributed by atoms with Crippen molar-refractivity contribution >= 4 is 23.7 Å². The second-order valence-electron chi connectivity index (χ2n) is 7.14. The molecule has 5 nitrogen and oxygen atoms in total. The maximum absolute atomic E-state index is 12.1. The van der Waals surface area contributed by atoms with Crippen molar-refractivity contribution in [1.82, 2.24) is 4.90 Å². The molecule has 1 aromatic carbocycles. The topological polar surface area (TPSA) is 66.8 Å². The predicted octanol–water partition coefficient (Wildman–Crippen LogP) is 4.16. The van der Waals surface area contributed by atoms with E-state index >= 15 is 0 Å². The zero-order valence-corrected chi connectivity index (χ0v) is 15.0. The first-order valence-corrected chi connectivity index (χ1v) is 8.52. The predicted molar refractivity (Wildman–Crippen MR) is 92.4 cm³/mol. The summed E-state index contributed by atoms with van der Waals surface area (Å²) in [5.74, 6) is -1.58. The molecule has 1 aromatic rings. The van der Waals surface area contributed by atoms with Crippen LogP contribution in [0.2, 0.25) is 5.02 Å². The third-order valence-corrected chi connectivity index (χ3v) is 4.51. The molecule has 0 radical (unpaired) electrons. The molecule has 0 aliphatic carbocycles. The number of hydrogen-bond donors (Lipinski definition) is 1. The summed E-state index contributed by atoms with van der Waals surface area (Å²) in [4.78, 5) is 25.6. The molecule has 1 unspecified atom stereocenters. The first kappa shape index (κ1) is 18.6. The van der Waals surface area contributed by atoms with Gasteiger partial charge in [-0.1, -0.05) is 29.8 Å². The summed E-state index contributed by atoms with van der Waals surface area (Å²) in [6.07, 6.45) is 0.883. The number of halogens is 1. The normalized spacial score (nSPS) is 17.4. The molecule has 0 bridgehead atoms. The van der Waals surface area contributed by atoms with Gasteiger partial charge in [-0.05, 0) is 51.2 Å². The SMILES string of the molecule is CC(C)(C)OC(=O)N1CCC(C(C(=O)O)c2ccccc2Cl)CC1. The molecular weight excluding hydrogens is 330 g/mol. The monoisotopic (exact) mass is 353 g/mol. The molecule has 1 saturated heterocycles. The summed E-state index contributed by atoms with van der Waals surface area (Å²) in [6, 6.07) is 7.06. The van der Waals surface area contributed by atoms with Crippen LogP contribution in [0.25, 0.3) is 0 Å². The molecule has 1 amide bonds. The van der Waals surface area contributed by atoms with Crippen molar-refractivity contribution in [3.8, 4) is 0 Å². The standard InChI is InChI=1S/C18H24ClNO4/c1-18(2,3)24-17(23)20-10-8-12(9-11-20)15(16(21)22)13-6-4-5-7-14(13)19/h4-7,12,15H,8-11H2,1-3H3,(H,21,22). The van der Waals surface area contributed by atoms with Crippen LogP contribution in [0.4, 0.5) is 4.79 Å². The Hall–Kier alpha value is -1.75. The molecule has 1 aliphatic heterocycles. The van der Waals surface area contributed by atoms with Crippen LogP contribution in [0.3, 0.4) is 0 Å². The van der Waals surface area contributed by atoms with Crippen molar-refractivity contribution in [2.24, 2.45) is 5.92 Å². The quantitative estimate of drug-likeness (QED) is 0.886. The van der Waals surface area contributed by atoms with Gasteiger partial charge in [0.05, 0.1) is 5.92 Å². The molecule has 132 valence electrons. The minimum atomic E-state index is -0.876. The van der Waals surface area contributed by atoms with Crippen molar-refractivity contribution < 1.29 is 19.4 Å². The lowest BCUT2D eigenvalue weighted by molar-refractivity contribution is -0.140. The van der Waals surface area contributed by atoms with Crippen LogP contribution in [0, 0.1) is 5.92 Å². The number of carboxylic acids is 1. The van der Waals surface area contributed by atoms with Gasteiger partial charge < -0.3 is 14.7 Å². The minimum Gasteiger partial charge on any atom is -0.481 e. The van der Waals surface area contributed by atoms with Crippen molar-refractivity contribution in [2.75, 3.05) is 13.1 Å². The Morgan fingerprint density at radius 2 is 1.83 bits per heavy atom. The number of amides is 1. The molecule has 1 fully saturated rings. The molecule has 1 N–H and O–H groups in total. The summed E-state index contributed by atoms with van der Waals surface area (Å²) >= 11 is 6.19. The number of nitrogens with zero attached hydrogens (tertiary/aromatic N) is 1. The average Bonchev–Trinajstić information content (AvgIpc) is 2.48. The Bertz CT molecular complexity index is 603. The largest absolute Gasteiger partial charge is 0.481 e. The highest BCUT2D eigenvalue weighted by molar-refractivity contribution is 6.31. The van der Waals surface area contributed by atoms with E-state index in [1.807, 2.05) is 20.8 Å². The zero-order valence-electron chi connectivity index (χ0n) is 14.3. The molecule has 1 atom stereocenters. The number of hydrogen-bond acceptors (Lipinski definition) is 3. The third kappa shape index (κ3) is 4.63. The Balaban J connectivity index is 2.05. The number of ether oxygens (including phenoxy) is 1. The number of carbonyl (C=O) groups excluding carboxylic acids is 1. The molecule has 0 spiro atoms. The number of carboxylic acid groups (broad SMARTS) is 1. The average molecular weight is 354 g/mol. The van der Waals surface area contributed by atoms with Gasteiger partial charge in [-0.15, -0.1) is 0 Å². The lowest BCUT2D eigenvalue weighted by atomic mass is 9.80. The minimum absolute atomic E-state index is 0.0545. The molecule has 1 aliphatic rings. The highest BCUT2D eigenvalue weighted by atomic mass is 35.5. The first-order valence-electron chi connectivity index (χ1n) is 8.14. The summed E-state index contributed by atoms with van der Waals surface area (Å²) in [5.41, 5.74) is 0.108. The van der Waals surface area contributed by atoms with E-state index in [-0.39, 0.29) is 12.0 Å². The first-order chi connectivity index (χ1) is 11.2. The summed E-state index contributed by atoms with van der Waals surface area (Å²) in [7, 11) is 0. The van der Waals surface area contributed by atoms with Crippen LogP contribution in [0.5, 0.6) is 0 Å². The number of piperidine rings is 1. The van der Waals surface area contributed by atoms with Crippen molar-refractivity contribution in [3.05, 3.63) is 34.9 Å². The van der Waals surface area contributed by atoms with E-state index in [4.69, 9.17) is 16.3 Å². The number of carbonyl (C=O) groups is 2. The molecular formula is C18H24ClNO4. The van der Waals surface area contributed by atoms with Crippen LogP contribution < -0.4 is 0 Å². The van der Waals surface area contributed by atoms with Crippen molar-refractivity contribution in [2.45, 2.75) is 45.1 Å². The Kier molecular flexibility index (Phi) is 5.75. The summed E-state index contributed by atoms with van der Waals surface area (Å²) < 4.78 is 5.37. The Morgan fingerprint density at radius 3 is 2.33 bits per heavy atom. The van der Waals surface area contributed by atoms with E-state index in [9.17, 15) is 14.7 Å².